The number of unbranched alkanes of at least 4 members (excludes halogenated alkanes) is 3. The molecule has 0 aromatic heterocycles. The number of nitrogens with two attached hydrogens (primary N) is 1. The van der Waals surface area contributed by atoms with Crippen LogP contribution < -0.4 is 10.5 Å². The SMILES string of the molecule is CCCCCCOc1ccc(CN)cc1Cl. The van der Waals surface area contributed by atoms with Crippen LogP contribution in [0.25, 0.3) is 0 Å². The molecule has 1 aromatic carbocycles. The fraction of sp³-hybridized carbons (Fsp3) is 0.538. The molecule has 0 aliphatic heterocycles. The highest BCUT2D eigenvalue weighted by molar-refractivity contribution is 6.32. The van der Waals surface area contributed by atoms with E-state index in [9.17, 15) is 0 Å². The van der Waals surface area contributed by atoms with Crippen LogP contribution >= 0.6 is 11.6 Å². The van der Waals surface area contributed by atoms with E-state index in [0.717, 1.165) is 24.3 Å². The molecule has 0 spiro atoms. The lowest BCUT2D eigenvalue weighted by molar-refractivity contribution is 0.305. The predicted octanol–water partition coefficient (Wildman–Crippen LogP) is 3.76. The van der Waals surface area contributed by atoms with Crippen molar-refractivity contribution in [3.05, 3.63) is 28.8 Å². The van der Waals surface area contributed by atoms with Crippen molar-refractivity contribution in [1.29, 1.82) is 0 Å². The molecule has 2 N–H and O–H groups in total. The third-order valence-corrected chi connectivity index (χ3v) is 2.78. The Labute approximate surface area is 103 Å². The minimum atomic E-state index is 0.510. The van der Waals surface area contributed by atoms with Crippen LogP contribution in [0.15, 0.2) is 18.2 Å². The Morgan fingerprint density at radius 2 is 2.06 bits per heavy atom. The summed E-state index contributed by atoms with van der Waals surface area (Å²) in [5.74, 6) is 0.760. The average Bonchev–Trinajstić information content (AvgIpc) is 2.30. The molecule has 0 heterocycles. The molecular formula is C13H20ClNO. The van der Waals surface area contributed by atoms with E-state index in [0.29, 0.717) is 11.6 Å². The van der Waals surface area contributed by atoms with E-state index in [1.807, 2.05) is 18.2 Å². The molecule has 0 saturated heterocycles. The van der Waals surface area contributed by atoms with Crippen molar-refractivity contribution in [2.24, 2.45) is 5.73 Å². The quantitative estimate of drug-likeness (QED) is 0.738. The van der Waals surface area contributed by atoms with E-state index < -0.39 is 0 Å². The lowest BCUT2D eigenvalue weighted by atomic mass is 10.2. The van der Waals surface area contributed by atoms with Crippen LogP contribution in [0, 0.1) is 0 Å². The number of ether oxygens (including phenoxy) is 1. The zero-order valence-electron chi connectivity index (χ0n) is 9.84. The van der Waals surface area contributed by atoms with Gasteiger partial charge in [-0.1, -0.05) is 43.9 Å². The van der Waals surface area contributed by atoms with Crippen molar-refractivity contribution in [3.63, 3.8) is 0 Å². The van der Waals surface area contributed by atoms with Gasteiger partial charge in [-0.25, -0.2) is 0 Å². The summed E-state index contributed by atoms with van der Waals surface area (Å²) < 4.78 is 5.61. The molecule has 0 aliphatic carbocycles. The Kier molecular flexibility index (Phi) is 6.27. The second kappa shape index (κ2) is 7.53. The zero-order valence-corrected chi connectivity index (χ0v) is 10.6. The first-order valence-electron chi connectivity index (χ1n) is 5.89. The minimum absolute atomic E-state index is 0.510. The van der Waals surface area contributed by atoms with E-state index in [1.54, 1.807) is 0 Å². The third kappa shape index (κ3) is 4.42. The molecule has 3 heteroatoms. The molecule has 0 aliphatic rings. The first-order valence-corrected chi connectivity index (χ1v) is 6.27. The van der Waals surface area contributed by atoms with Crippen molar-refractivity contribution in [2.75, 3.05) is 6.61 Å². The van der Waals surface area contributed by atoms with Crippen LogP contribution in [0.5, 0.6) is 5.75 Å². The van der Waals surface area contributed by atoms with Crippen molar-refractivity contribution in [1.82, 2.24) is 0 Å². The molecule has 0 unspecified atom stereocenters. The highest BCUT2D eigenvalue weighted by Crippen LogP contribution is 2.25. The first-order chi connectivity index (χ1) is 7.77. The van der Waals surface area contributed by atoms with Crippen LogP contribution in [0.3, 0.4) is 0 Å². The fourth-order valence-electron chi connectivity index (χ4n) is 1.50. The van der Waals surface area contributed by atoms with E-state index in [4.69, 9.17) is 22.1 Å². The predicted molar refractivity (Wildman–Crippen MR) is 69.0 cm³/mol. The highest BCUT2D eigenvalue weighted by atomic mass is 35.5. The van der Waals surface area contributed by atoms with E-state index in [1.165, 1.54) is 19.3 Å². The monoisotopic (exact) mass is 241 g/mol. The second-order valence-corrected chi connectivity index (χ2v) is 4.29. The smallest absolute Gasteiger partial charge is 0.137 e. The summed E-state index contributed by atoms with van der Waals surface area (Å²) in [6, 6.07) is 5.71. The molecule has 2 nitrogen and oxygen atoms in total. The fourth-order valence-corrected chi connectivity index (χ4v) is 1.76. The van der Waals surface area contributed by atoms with Crippen molar-refractivity contribution in [2.45, 2.75) is 39.2 Å². The maximum atomic E-state index is 6.07. The van der Waals surface area contributed by atoms with Gasteiger partial charge in [0.1, 0.15) is 5.75 Å². The van der Waals surface area contributed by atoms with Crippen LogP contribution in [-0.2, 0) is 6.54 Å². The lowest BCUT2D eigenvalue weighted by Gasteiger charge is -2.08. The van der Waals surface area contributed by atoms with Gasteiger partial charge in [-0.3, -0.25) is 0 Å². The van der Waals surface area contributed by atoms with Crippen molar-refractivity contribution >= 4 is 11.6 Å². The molecule has 0 radical (unpaired) electrons. The van der Waals surface area contributed by atoms with E-state index in [2.05, 4.69) is 6.92 Å². The van der Waals surface area contributed by atoms with Gasteiger partial charge in [0.05, 0.1) is 11.6 Å². The topological polar surface area (TPSA) is 35.2 Å². The molecular weight excluding hydrogens is 222 g/mol. The Hall–Kier alpha value is -0.730. The second-order valence-electron chi connectivity index (χ2n) is 3.88. The van der Waals surface area contributed by atoms with Gasteiger partial charge in [0.25, 0.3) is 0 Å². The van der Waals surface area contributed by atoms with Gasteiger partial charge in [-0.15, -0.1) is 0 Å². The van der Waals surface area contributed by atoms with Gasteiger partial charge in [0.15, 0.2) is 0 Å². The molecule has 1 aromatic rings. The summed E-state index contributed by atoms with van der Waals surface area (Å²) in [6.45, 7) is 3.45. The van der Waals surface area contributed by atoms with Crippen molar-refractivity contribution < 1.29 is 4.74 Å². The largest absolute Gasteiger partial charge is 0.492 e. The average molecular weight is 242 g/mol. The van der Waals surface area contributed by atoms with Crippen LogP contribution in [0.1, 0.15) is 38.2 Å². The summed E-state index contributed by atoms with van der Waals surface area (Å²) in [5, 5.41) is 0.651. The van der Waals surface area contributed by atoms with Gasteiger partial charge in [0.2, 0.25) is 0 Å². The van der Waals surface area contributed by atoms with Crippen LogP contribution in [0.2, 0.25) is 5.02 Å². The Morgan fingerprint density at radius 3 is 2.69 bits per heavy atom. The van der Waals surface area contributed by atoms with Gasteiger partial charge in [0, 0.05) is 6.54 Å². The number of hydrogen-bond acceptors (Lipinski definition) is 2. The summed E-state index contributed by atoms with van der Waals surface area (Å²) in [4.78, 5) is 0. The Balaban J connectivity index is 2.36. The summed E-state index contributed by atoms with van der Waals surface area (Å²) in [7, 11) is 0. The maximum absolute atomic E-state index is 6.07. The first kappa shape index (κ1) is 13.3. The van der Waals surface area contributed by atoms with Crippen LogP contribution in [-0.4, -0.2) is 6.61 Å². The molecule has 0 atom stereocenters. The van der Waals surface area contributed by atoms with E-state index >= 15 is 0 Å². The lowest BCUT2D eigenvalue weighted by Crippen LogP contribution is -2.00. The van der Waals surface area contributed by atoms with Gasteiger partial charge in [-0.05, 0) is 24.1 Å². The number of halogens is 1. The Morgan fingerprint density at radius 1 is 1.25 bits per heavy atom. The highest BCUT2D eigenvalue weighted by Gasteiger charge is 2.02. The third-order valence-electron chi connectivity index (χ3n) is 2.49. The van der Waals surface area contributed by atoms with Crippen LogP contribution in [0.4, 0.5) is 0 Å². The van der Waals surface area contributed by atoms with Gasteiger partial charge >= 0.3 is 0 Å². The van der Waals surface area contributed by atoms with Crippen molar-refractivity contribution in [3.8, 4) is 5.75 Å². The molecule has 16 heavy (non-hydrogen) atoms. The summed E-state index contributed by atoms with van der Waals surface area (Å²) >= 11 is 6.07. The standard InChI is InChI=1S/C13H20ClNO/c1-2-3-4-5-8-16-13-7-6-11(10-15)9-12(13)14/h6-7,9H,2-5,8,10,15H2,1H3. The molecule has 0 bridgehead atoms. The number of hydrogen-bond donors (Lipinski definition) is 1. The molecule has 90 valence electrons. The Bertz CT molecular complexity index is 315. The molecule has 1 rings (SSSR count). The zero-order chi connectivity index (χ0) is 11.8. The number of benzene rings is 1. The molecule has 0 fully saturated rings. The van der Waals surface area contributed by atoms with Gasteiger partial charge in [-0.2, -0.15) is 0 Å². The molecule has 0 amide bonds. The van der Waals surface area contributed by atoms with Gasteiger partial charge < -0.3 is 10.5 Å². The maximum Gasteiger partial charge on any atom is 0.137 e. The van der Waals surface area contributed by atoms with E-state index in [-0.39, 0.29) is 0 Å². The number of rotatable bonds is 7. The normalized spacial score (nSPS) is 10.4. The summed E-state index contributed by atoms with van der Waals surface area (Å²) in [6.07, 6.45) is 4.81. The summed E-state index contributed by atoms with van der Waals surface area (Å²) in [5.41, 5.74) is 6.56. The molecule has 0 saturated carbocycles. The minimum Gasteiger partial charge on any atom is -0.492 e.